The number of guanidine groups is 1. The van der Waals surface area contributed by atoms with Crippen LogP contribution in [0.2, 0.25) is 0 Å². The molecule has 0 aromatic carbocycles. The number of nitrogens with zero attached hydrogens (tertiary/aromatic N) is 2. The Morgan fingerprint density at radius 3 is 2.38 bits per heavy atom. The number of likely N-dealkylation sites (N-methyl/N-ethyl adjacent to an activating group) is 1. The zero-order valence-corrected chi connectivity index (χ0v) is 14.5. The standard InChI is InChI=1S/C12H21F3N4O.HI/c1-16-11(18-9-5-3-4-6-9)17-7-10(20)19(2)8-12(13,14)15;/h9H,3-8H2,1-2H3,(H2,16,17,18);1H. The molecule has 21 heavy (non-hydrogen) atoms. The van der Waals surface area contributed by atoms with E-state index in [2.05, 4.69) is 15.6 Å². The van der Waals surface area contributed by atoms with Crippen LogP contribution in [0.5, 0.6) is 0 Å². The highest BCUT2D eigenvalue weighted by Gasteiger charge is 2.31. The predicted octanol–water partition coefficient (Wildman–Crippen LogP) is 1.73. The monoisotopic (exact) mass is 422 g/mol. The van der Waals surface area contributed by atoms with Crippen LogP contribution in [0, 0.1) is 0 Å². The van der Waals surface area contributed by atoms with Crippen molar-refractivity contribution in [3.63, 3.8) is 0 Å². The van der Waals surface area contributed by atoms with Gasteiger partial charge < -0.3 is 15.5 Å². The number of carbonyl (C=O) groups is 1. The van der Waals surface area contributed by atoms with Gasteiger partial charge in [-0.2, -0.15) is 13.2 Å². The second-order valence-electron chi connectivity index (χ2n) is 4.92. The number of halogens is 4. The van der Waals surface area contributed by atoms with Gasteiger partial charge in [0, 0.05) is 20.1 Å². The largest absolute Gasteiger partial charge is 0.406 e. The lowest BCUT2D eigenvalue weighted by molar-refractivity contribution is -0.157. The van der Waals surface area contributed by atoms with Gasteiger partial charge in [0.2, 0.25) is 5.91 Å². The summed E-state index contributed by atoms with van der Waals surface area (Å²) in [5.41, 5.74) is 0. The van der Waals surface area contributed by atoms with Crippen LogP contribution < -0.4 is 10.6 Å². The third-order valence-corrected chi connectivity index (χ3v) is 3.17. The Morgan fingerprint density at radius 1 is 1.33 bits per heavy atom. The molecule has 2 N–H and O–H groups in total. The number of aliphatic imine (C=N–C) groups is 1. The first-order valence-electron chi connectivity index (χ1n) is 6.59. The van der Waals surface area contributed by atoms with Gasteiger partial charge in [-0.25, -0.2) is 0 Å². The molecule has 1 amide bonds. The summed E-state index contributed by atoms with van der Waals surface area (Å²) in [4.78, 5) is 16.2. The van der Waals surface area contributed by atoms with E-state index >= 15 is 0 Å². The van der Waals surface area contributed by atoms with E-state index in [0.29, 0.717) is 16.9 Å². The molecule has 1 saturated carbocycles. The first-order chi connectivity index (χ1) is 9.31. The molecule has 9 heteroatoms. The normalized spacial score (nSPS) is 16.3. The van der Waals surface area contributed by atoms with Crippen molar-refractivity contribution in [2.24, 2.45) is 4.99 Å². The van der Waals surface area contributed by atoms with Crippen LogP contribution in [0.3, 0.4) is 0 Å². The van der Waals surface area contributed by atoms with Crippen LogP contribution in [0.15, 0.2) is 4.99 Å². The summed E-state index contributed by atoms with van der Waals surface area (Å²) in [5.74, 6) is -0.178. The molecule has 1 aliphatic rings. The fourth-order valence-corrected chi connectivity index (χ4v) is 2.11. The van der Waals surface area contributed by atoms with Crippen molar-refractivity contribution in [2.75, 3.05) is 27.2 Å². The SMILES string of the molecule is CN=C(NCC(=O)N(C)CC(F)(F)F)NC1CCCC1.I. The summed E-state index contributed by atoms with van der Waals surface area (Å²) in [6.07, 6.45) is 0.0171. The van der Waals surface area contributed by atoms with Crippen LogP contribution in [0.4, 0.5) is 13.2 Å². The summed E-state index contributed by atoms with van der Waals surface area (Å²) < 4.78 is 36.5. The van der Waals surface area contributed by atoms with Crippen LogP contribution >= 0.6 is 24.0 Å². The van der Waals surface area contributed by atoms with E-state index in [0.717, 1.165) is 32.7 Å². The minimum Gasteiger partial charge on any atom is -0.354 e. The third-order valence-electron chi connectivity index (χ3n) is 3.17. The molecule has 1 aliphatic carbocycles. The van der Waals surface area contributed by atoms with Crippen molar-refractivity contribution in [1.82, 2.24) is 15.5 Å². The maximum absolute atomic E-state index is 12.2. The van der Waals surface area contributed by atoms with Gasteiger partial charge in [0.1, 0.15) is 6.54 Å². The molecule has 0 aromatic heterocycles. The molecule has 1 fully saturated rings. The summed E-state index contributed by atoms with van der Waals surface area (Å²) in [6.45, 7) is -1.46. The molecule has 0 aliphatic heterocycles. The van der Waals surface area contributed by atoms with Gasteiger partial charge in [-0.3, -0.25) is 9.79 Å². The molecule has 0 heterocycles. The van der Waals surface area contributed by atoms with Gasteiger partial charge in [0.15, 0.2) is 5.96 Å². The second kappa shape index (κ2) is 9.31. The zero-order chi connectivity index (χ0) is 15.2. The van der Waals surface area contributed by atoms with E-state index in [1.807, 2.05) is 0 Å². The number of rotatable bonds is 4. The number of amides is 1. The Balaban J connectivity index is 0.00000400. The lowest BCUT2D eigenvalue weighted by atomic mass is 10.2. The van der Waals surface area contributed by atoms with E-state index in [4.69, 9.17) is 0 Å². The van der Waals surface area contributed by atoms with Crippen LogP contribution in [0.1, 0.15) is 25.7 Å². The number of carbonyl (C=O) groups excluding carboxylic acids is 1. The fourth-order valence-electron chi connectivity index (χ4n) is 2.11. The number of alkyl halides is 3. The molecular formula is C12H22F3IN4O. The third kappa shape index (κ3) is 8.32. The minimum absolute atomic E-state index is 0. The van der Waals surface area contributed by atoms with Crippen LogP contribution in [-0.4, -0.2) is 56.2 Å². The summed E-state index contributed by atoms with van der Waals surface area (Å²) in [6, 6.07) is 0.323. The molecular weight excluding hydrogens is 400 g/mol. The van der Waals surface area contributed by atoms with Crippen LogP contribution in [0.25, 0.3) is 0 Å². The first kappa shape index (κ1) is 20.3. The molecule has 0 atom stereocenters. The molecule has 5 nitrogen and oxygen atoms in total. The van der Waals surface area contributed by atoms with Gasteiger partial charge in [0.25, 0.3) is 0 Å². The highest BCUT2D eigenvalue weighted by Crippen LogP contribution is 2.17. The Kier molecular flexibility index (Phi) is 8.98. The molecule has 0 bridgehead atoms. The maximum atomic E-state index is 12.2. The van der Waals surface area contributed by atoms with Crippen LogP contribution in [-0.2, 0) is 4.79 Å². The molecule has 0 unspecified atom stereocenters. The lowest BCUT2D eigenvalue weighted by Crippen LogP contribution is -2.47. The Bertz CT molecular complexity index is 357. The highest BCUT2D eigenvalue weighted by molar-refractivity contribution is 14.0. The fraction of sp³-hybridized carbons (Fsp3) is 0.833. The lowest BCUT2D eigenvalue weighted by Gasteiger charge is -2.21. The molecule has 0 radical (unpaired) electrons. The van der Waals surface area contributed by atoms with Gasteiger partial charge in [0.05, 0.1) is 6.54 Å². The zero-order valence-electron chi connectivity index (χ0n) is 12.2. The maximum Gasteiger partial charge on any atom is 0.406 e. The molecule has 1 rings (SSSR count). The first-order valence-corrected chi connectivity index (χ1v) is 6.59. The Labute approximate surface area is 139 Å². The summed E-state index contributed by atoms with van der Waals surface area (Å²) >= 11 is 0. The topological polar surface area (TPSA) is 56.7 Å². The van der Waals surface area contributed by atoms with Crippen molar-refractivity contribution in [2.45, 2.75) is 37.9 Å². The van der Waals surface area contributed by atoms with E-state index < -0.39 is 18.6 Å². The number of nitrogens with one attached hydrogen (secondary N) is 2. The van der Waals surface area contributed by atoms with E-state index in [-0.39, 0.29) is 30.5 Å². The van der Waals surface area contributed by atoms with Gasteiger partial charge in [-0.05, 0) is 12.8 Å². The average Bonchev–Trinajstić information content (AvgIpc) is 2.84. The molecule has 0 aromatic rings. The second-order valence-corrected chi connectivity index (χ2v) is 4.92. The van der Waals surface area contributed by atoms with E-state index in [1.165, 1.54) is 0 Å². The Hall–Kier alpha value is -0.740. The quantitative estimate of drug-likeness (QED) is 0.413. The van der Waals surface area contributed by atoms with Gasteiger partial charge in [-0.1, -0.05) is 12.8 Å². The molecule has 0 spiro atoms. The minimum atomic E-state index is -4.38. The van der Waals surface area contributed by atoms with Gasteiger partial charge in [-0.15, -0.1) is 24.0 Å². The molecule has 0 saturated heterocycles. The number of hydrogen-bond acceptors (Lipinski definition) is 2. The van der Waals surface area contributed by atoms with E-state index in [9.17, 15) is 18.0 Å². The van der Waals surface area contributed by atoms with Crippen molar-refractivity contribution in [3.8, 4) is 0 Å². The number of hydrogen-bond donors (Lipinski definition) is 2. The smallest absolute Gasteiger partial charge is 0.354 e. The average molecular weight is 422 g/mol. The summed E-state index contributed by atoms with van der Waals surface area (Å²) in [7, 11) is 2.69. The van der Waals surface area contributed by atoms with E-state index in [1.54, 1.807) is 7.05 Å². The molecule has 124 valence electrons. The highest BCUT2D eigenvalue weighted by atomic mass is 127. The van der Waals surface area contributed by atoms with Crippen molar-refractivity contribution >= 4 is 35.8 Å². The van der Waals surface area contributed by atoms with Gasteiger partial charge >= 0.3 is 6.18 Å². The summed E-state index contributed by atoms with van der Waals surface area (Å²) in [5, 5.41) is 5.90. The van der Waals surface area contributed by atoms with Crippen molar-refractivity contribution in [1.29, 1.82) is 0 Å². The predicted molar refractivity (Wildman–Crippen MR) is 85.9 cm³/mol. The van der Waals surface area contributed by atoms with Crippen molar-refractivity contribution in [3.05, 3.63) is 0 Å². The Morgan fingerprint density at radius 2 is 1.90 bits per heavy atom. The van der Waals surface area contributed by atoms with Crippen molar-refractivity contribution < 1.29 is 18.0 Å².